The van der Waals surface area contributed by atoms with Crippen molar-refractivity contribution in [2.24, 2.45) is 0 Å². The normalized spacial score (nSPS) is 16.3. The number of carbonyl (C=O) groups excluding carboxylic acids is 2. The zero-order valence-electron chi connectivity index (χ0n) is 15.0. The number of hydrogen-bond donors (Lipinski definition) is 3. The smallest absolute Gasteiger partial charge is 0.251 e. The molecule has 5 heteroatoms. The minimum absolute atomic E-state index is 0.0247. The highest BCUT2D eigenvalue weighted by Crippen LogP contribution is 2.08. The standard InChI is InChI=1S/C21H25N3O2/c1-15-7-9-16(10-8-15)13-23-20(25)18-5-2-4-17(12-18)14-24-21(26)19-6-3-11-22-19/h2,4-5,7-10,12,19,22H,3,6,11,13-14H2,1H3,(H,23,25)(H,24,26). The van der Waals surface area contributed by atoms with Crippen molar-refractivity contribution in [1.29, 1.82) is 0 Å². The molecule has 0 bridgehead atoms. The van der Waals surface area contributed by atoms with Crippen LogP contribution >= 0.6 is 0 Å². The third-order valence-corrected chi connectivity index (χ3v) is 4.61. The fourth-order valence-electron chi connectivity index (χ4n) is 3.03. The fourth-order valence-corrected chi connectivity index (χ4v) is 3.03. The van der Waals surface area contributed by atoms with Gasteiger partial charge in [-0.05, 0) is 49.6 Å². The Morgan fingerprint density at radius 1 is 1.04 bits per heavy atom. The van der Waals surface area contributed by atoms with Crippen LogP contribution in [-0.2, 0) is 17.9 Å². The predicted molar refractivity (Wildman–Crippen MR) is 102 cm³/mol. The van der Waals surface area contributed by atoms with Crippen LogP contribution in [0.1, 0.15) is 39.9 Å². The van der Waals surface area contributed by atoms with Gasteiger partial charge in [-0.1, -0.05) is 42.0 Å². The quantitative estimate of drug-likeness (QED) is 0.748. The molecule has 3 N–H and O–H groups in total. The molecule has 1 atom stereocenters. The van der Waals surface area contributed by atoms with Crippen molar-refractivity contribution in [3.05, 3.63) is 70.8 Å². The van der Waals surface area contributed by atoms with Crippen LogP contribution in [0.2, 0.25) is 0 Å². The van der Waals surface area contributed by atoms with Gasteiger partial charge in [0.2, 0.25) is 5.91 Å². The molecule has 1 heterocycles. The average Bonchev–Trinajstić information content (AvgIpc) is 3.20. The Labute approximate surface area is 154 Å². The lowest BCUT2D eigenvalue weighted by Crippen LogP contribution is -2.40. The monoisotopic (exact) mass is 351 g/mol. The molecule has 26 heavy (non-hydrogen) atoms. The molecule has 0 saturated carbocycles. The summed E-state index contributed by atoms with van der Waals surface area (Å²) in [6.07, 6.45) is 1.92. The van der Waals surface area contributed by atoms with Gasteiger partial charge in [0, 0.05) is 18.7 Å². The molecule has 0 radical (unpaired) electrons. The van der Waals surface area contributed by atoms with Gasteiger partial charge >= 0.3 is 0 Å². The molecule has 3 rings (SSSR count). The zero-order valence-corrected chi connectivity index (χ0v) is 15.0. The molecule has 0 aromatic heterocycles. The first-order valence-electron chi connectivity index (χ1n) is 9.05. The summed E-state index contributed by atoms with van der Waals surface area (Å²) < 4.78 is 0. The van der Waals surface area contributed by atoms with E-state index >= 15 is 0 Å². The highest BCUT2D eigenvalue weighted by Gasteiger charge is 2.21. The van der Waals surface area contributed by atoms with Crippen molar-refractivity contribution in [3.63, 3.8) is 0 Å². The van der Waals surface area contributed by atoms with E-state index in [0.29, 0.717) is 18.7 Å². The Morgan fingerprint density at radius 2 is 1.81 bits per heavy atom. The van der Waals surface area contributed by atoms with Gasteiger partial charge in [-0.3, -0.25) is 9.59 Å². The van der Waals surface area contributed by atoms with Crippen LogP contribution in [0.3, 0.4) is 0 Å². The number of nitrogens with one attached hydrogen (secondary N) is 3. The molecule has 2 aromatic carbocycles. The van der Waals surface area contributed by atoms with E-state index in [4.69, 9.17) is 0 Å². The summed E-state index contributed by atoms with van der Waals surface area (Å²) in [4.78, 5) is 24.4. The molecule has 0 spiro atoms. The molecule has 1 saturated heterocycles. The highest BCUT2D eigenvalue weighted by molar-refractivity contribution is 5.94. The van der Waals surface area contributed by atoms with Gasteiger partial charge in [-0.15, -0.1) is 0 Å². The van der Waals surface area contributed by atoms with E-state index in [1.54, 1.807) is 6.07 Å². The Kier molecular flexibility index (Phi) is 6.02. The molecular formula is C21H25N3O2. The molecule has 2 aromatic rings. The Balaban J connectivity index is 1.53. The second-order valence-corrected chi connectivity index (χ2v) is 6.74. The summed E-state index contributed by atoms with van der Waals surface area (Å²) in [5.74, 6) is -0.0899. The molecule has 5 nitrogen and oxygen atoms in total. The van der Waals surface area contributed by atoms with Crippen LogP contribution in [0.15, 0.2) is 48.5 Å². The van der Waals surface area contributed by atoms with Crippen molar-refractivity contribution < 1.29 is 9.59 Å². The molecule has 2 amide bonds. The van der Waals surface area contributed by atoms with Crippen LogP contribution in [-0.4, -0.2) is 24.4 Å². The zero-order chi connectivity index (χ0) is 18.4. The summed E-state index contributed by atoms with van der Waals surface area (Å²) in [7, 11) is 0. The maximum absolute atomic E-state index is 12.4. The maximum Gasteiger partial charge on any atom is 0.251 e. The van der Waals surface area contributed by atoms with Crippen molar-refractivity contribution >= 4 is 11.8 Å². The number of amides is 2. The third kappa shape index (κ3) is 4.92. The van der Waals surface area contributed by atoms with E-state index in [-0.39, 0.29) is 17.9 Å². The number of benzene rings is 2. The number of hydrogen-bond acceptors (Lipinski definition) is 3. The lowest BCUT2D eigenvalue weighted by molar-refractivity contribution is -0.122. The Morgan fingerprint density at radius 3 is 2.54 bits per heavy atom. The van der Waals surface area contributed by atoms with Crippen molar-refractivity contribution in [1.82, 2.24) is 16.0 Å². The van der Waals surface area contributed by atoms with E-state index in [9.17, 15) is 9.59 Å². The van der Waals surface area contributed by atoms with E-state index in [0.717, 1.165) is 30.5 Å². The summed E-state index contributed by atoms with van der Waals surface area (Å²) in [6, 6.07) is 15.4. The number of rotatable bonds is 6. The van der Waals surface area contributed by atoms with Gasteiger partial charge in [0.05, 0.1) is 6.04 Å². The van der Waals surface area contributed by atoms with Crippen LogP contribution in [0.25, 0.3) is 0 Å². The van der Waals surface area contributed by atoms with Crippen LogP contribution in [0.4, 0.5) is 0 Å². The lowest BCUT2D eigenvalue weighted by Gasteiger charge is -2.12. The minimum Gasteiger partial charge on any atom is -0.351 e. The summed E-state index contributed by atoms with van der Waals surface area (Å²) >= 11 is 0. The van der Waals surface area contributed by atoms with Gasteiger partial charge in [0.1, 0.15) is 0 Å². The van der Waals surface area contributed by atoms with E-state index in [1.165, 1.54) is 5.56 Å². The van der Waals surface area contributed by atoms with E-state index in [2.05, 4.69) is 16.0 Å². The van der Waals surface area contributed by atoms with Gasteiger partial charge in [-0.25, -0.2) is 0 Å². The Hall–Kier alpha value is -2.66. The molecule has 1 aliphatic rings. The van der Waals surface area contributed by atoms with Gasteiger partial charge < -0.3 is 16.0 Å². The van der Waals surface area contributed by atoms with E-state index < -0.39 is 0 Å². The largest absolute Gasteiger partial charge is 0.351 e. The van der Waals surface area contributed by atoms with Gasteiger partial charge in [0.25, 0.3) is 5.91 Å². The van der Waals surface area contributed by atoms with Gasteiger partial charge in [0.15, 0.2) is 0 Å². The third-order valence-electron chi connectivity index (χ3n) is 4.61. The molecule has 1 unspecified atom stereocenters. The topological polar surface area (TPSA) is 70.2 Å². The molecule has 1 aliphatic heterocycles. The average molecular weight is 351 g/mol. The molecule has 136 valence electrons. The second-order valence-electron chi connectivity index (χ2n) is 6.74. The number of carbonyl (C=O) groups is 2. The van der Waals surface area contributed by atoms with Crippen LogP contribution in [0, 0.1) is 6.92 Å². The van der Waals surface area contributed by atoms with Crippen LogP contribution < -0.4 is 16.0 Å². The fraction of sp³-hybridized carbons (Fsp3) is 0.333. The lowest BCUT2D eigenvalue weighted by atomic mass is 10.1. The van der Waals surface area contributed by atoms with Crippen molar-refractivity contribution in [3.8, 4) is 0 Å². The summed E-state index contributed by atoms with van der Waals surface area (Å²) in [5.41, 5.74) is 3.78. The first kappa shape index (κ1) is 18.1. The van der Waals surface area contributed by atoms with Gasteiger partial charge in [-0.2, -0.15) is 0 Å². The molecule has 0 aliphatic carbocycles. The first-order valence-corrected chi connectivity index (χ1v) is 9.05. The minimum atomic E-state index is -0.115. The second kappa shape index (κ2) is 8.63. The SMILES string of the molecule is Cc1ccc(CNC(=O)c2cccc(CNC(=O)C3CCCN3)c2)cc1. The molecule has 1 fully saturated rings. The molecular weight excluding hydrogens is 326 g/mol. The highest BCUT2D eigenvalue weighted by atomic mass is 16.2. The predicted octanol–water partition coefficient (Wildman–Crippen LogP) is 2.29. The summed E-state index contributed by atoms with van der Waals surface area (Å²) in [6.45, 7) is 3.85. The summed E-state index contributed by atoms with van der Waals surface area (Å²) in [5, 5.41) is 9.05. The Bertz CT molecular complexity index is 765. The number of aryl methyl sites for hydroxylation is 1. The van der Waals surface area contributed by atoms with Crippen LogP contribution in [0.5, 0.6) is 0 Å². The first-order chi connectivity index (χ1) is 12.6. The maximum atomic E-state index is 12.4. The van der Waals surface area contributed by atoms with Crippen molar-refractivity contribution in [2.45, 2.75) is 38.9 Å². The van der Waals surface area contributed by atoms with Crippen molar-refractivity contribution in [2.75, 3.05) is 6.54 Å². The van der Waals surface area contributed by atoms with E-state index in [1.807, 2.05) is 49.4 Å².